The Morgan fingerprint density at radius 2 is 1.83 bits per heavy atom. The summed E-state index contributed by atoms with van der Waals surface area (Å²) in [6, 6.07) is 0. The number of aromatic nitrogens is 3. The van der Waals surface area contributed by atoms with Crippen LogP contribution in [0.15, 0.2) is 9.59 Å². The van der Waals surface area contributed by atoms with Crippen LogP contribution in [0.5, 0.6) is 0 Å². The van der Waals surface area contributed by atoms with Crippen LogP contribution in [0.25, 0.3) is 0 Å². The van der Waals surface area contributed by atoms with E-state index >= 15 is 0 Å². The number of rotatable bonds is 8. The van der Waals surface area contributed by atoms with Gasteiger partial charge in [0.25, 0.3) is 0 Å². The smallest absolute Gasteiger partial charge is 0.344 e. The highest BCUT2D eigenvalue weighted by atomic mass is 16.4. The predicted molar refractivity (Wildman–Crippen MR) is 65.6 cm³/mol. The minimum atomic E-state index is -0.812. The van der Waals surface area contributed by atoms with E-state index in [0.29, 0.717) is 19.4 Å². The zero-order chi connectivity index (χ0) is 13.5. The van der Waals surface area contributed by atoms with Crippen molar-refractivity contribution in [2.75, 3.05) is 0 Å². The molecule has 0 spiro atoms. The maximum atomic E-state index is 11.3. The zero-order valence-corrected chi connectivity index (χ0v) is 10.4. The van der Waals surface area contributed by atoms with Gasteiger partial charge in [-0.1, -0.05) is 19.8 Å². The highest BCUT2D eigenvalue weighted by Gasteiger charge is 2.12. The molecule has 3 N–H and O–H groups in total. The summed E-state index contributed by atoms with van der Waals surface area (Å²) in [5.41, 5.74) is -0.901. The van der Waals surface area contributed by atoms with Crippen LogP contribution in [0.1, 0.15) is 39.0 Å². The molecule has 0 fully saturated rings. The number of carboxylic acid groups (broad SMARTS) is 1. The molecule has 0 aromatic carbocycles. The number of carbonyl (C=O) groups is 1. The summed E-state index contributed by atoms with van der Waals surface area (Å²) in [5.74, 6) is -0.583. The Hall–Kier alpha value is -1.79. The summed E-state index contributed by atoms with van der Waals surface area (Å²) in [6.45, 7) is 2.35. The Morgan fingerprint density at radius 3 is 2.33 bits per heavy atom. The van der Waals surface area contributed by atoms with Crippen molar-refractivity contribution in [2.24, 2.45) is 5.92 Å². The van der Waals surface area contributed by atoms with Gasteiger partial charge in [-0.15, -0.1) is 0 Å². The zero-order valence-electron chi connectivity index (χ0n) is 10.4. The molecule has 0 radical (unpaired) electrons. The van der Waals surface area contributed by atoms with E-state index in [1.165, 1.54) is 0 Å². The van der Waals surface area contributed by atoms with Crippen molar-refractivity contribution in [2.45, 2.75) is 45.6 Å². The van der Waals surface area contributed by atoms with Gasteiger partial charge in [0.05, 0.1) is 0 Å². The number of nitrogens with zero attached hydrogens (tertiary/aromatic N) is 1. The average molecular weight is 257 g/mol. The van der Waals surface area contributed by atoms with E-state index < -0.39 is 17.3 Å². The van der Waals surface area contributed by atoms with Crippen molar-refractivity contribution in [3.05, 3.63) is 21.0 Å². The number of H-pyrrole nitrogens is 2. The van der Waals surface area contributed by atoms with Gasteiger partial charge in [0.15, 0.2) is 0 Å². The third-order valence-corrected chi connectivity index (χ3v) is 2.99. The topological polar surface area (TPSA) is 108 Å². The second-order valence-electron chi connectivity index (χ2n) is 4.39. The molecule has 1 unspecified atom stereocenters. The summed E-state index contributed by atoms with van der Waals surface area (Å²) in [6.07, 6.45) is 3.22. The lowest BCUT2D eigenvalue weighted by Crippen LogP contribution is -2.27. The minimum Gasteiger partial charge on any atom is -0.481 e. The van der Waals surface area contributed by atoms with E-state index in [-0.39, 0.29) is 12.3 Å². The third kappa shape index (κ3) is 4.23. The highest BCUT2D eigenvalue weighted by molar-refractivity contribution is 5.66. The fourth-order valence-corrected chi connectivity index (χ4v) is 2.02. The minimum absolute atomic E-state index is 0.128. The largest absolute Gasteiger partial charge is 0.481 e. The fourth-order valence-electron chi connectivity index (χ4n) is 2.02. The van der Waals surface area contributed by atoms with Gasteiger partial charge >= 0.3 is 17.3 Å². The summed E-state index contributed by atoms with van der Waals surface area (Å²) < 4.78 is 1.10. The molecular formula is C11H19N3O4. The Kier molecular flexibility index (Phi) is 5.41. The van der Waals surface area contributed by atoms with Crippen LogP contribution in [0.3, 0.4) is 0 Å². The third-order valence-electron chi connectivity index (χ3n) is 2.99. The van der Waals surface area contributed by atoms with Crippen molar-refractivity contribution < 1.29 is 9.90 Å². The molecule has 0 saturated carbocycles. The molecule has 0 aliphatic carbocycles. The van der Waals surface area contributed by atoms with E-state index in [1.54, 1.807) is 0 Å². The van der Waals surface area contributed by atoms with Crippen LogP contribution >= 0.6 is 0 Å². The van der Waals surface area contributed by atoms with Gasteiger partial charge < -0.3 is 5.11 Å². The Labute approximate surface area is 104 Å². The first-order valence-corrected chi connectivity index (χ1v) is 6.13. The van der Waals surface area contributed by atoms with Crippen molar-refractivity contribution in [1.29, 1.82) is 0 Å². The molecule has 7 nitrogen and oxygen atoms in total. The quantitative estimate of drug-likeness (QED) is 0.631. The summed E-state index contributed by atoms with van der Waals surface area (Å²) in [4.78, 5) is 33.1. The number of nitrogens with one attached hydrogen (secondary N) is 2. The summed E-state index contributed by atoms with van der Waals surface area (Å²) in [5, 5.41) is 13.1. The number of aromatic amines is 2. The van der Waals surface area contributed by atoms with Gasteiger partial charge in [0.2, 0.25) is 0 Å². The van der Waals surface area contributed by atoms with Crippen molar-refractivity contribution in [1.82, 2.24) is 14.8 Å². The maximum absolute atomic E-state index is 11.3. The van der Waals surface area contributed by atoms with Gasteiger partial charge in [0, 0.05) is 13.0 Å². The predicted octanol–water partition coefficient (Wildman–Crippen LogP) is 0.536. The molecule has 1 atom stereocenters. The van der Waals surface area contributed by atoms with E-state index in [9.17, 15) is 14.4 Å². The van der Waals surface area contributed by atoms with E-state index in [0.717, 1.165) is 17.4 Å². The molecule has 0 aliphatic rings. The van der Waals surface area contributed by atoms with Crippen LogP contribution in [-0.4, -0.2) is 25.8 Å². The average Bonchev–Trinajstić information content (AvgIpc) is 2.63. The first-order valence-electron chi connectivity index (χ1n) is 6.13. The summed E-state index contributed by atoms with van der Waals surface area (Å²) in [7, 11) is 0. The molecule has 0 amide bonds. The molecule has 102 valence electrons. The first kappa shape index (κ1) is 14.3. The van der Waals surface area contributed by atoms with E-state index in [1.807, 2.05) is 6.92 Å². The fraction of sp³-hybridized carbons (Fsp3) is 0.727. The number of hydrogen-bond donors (Lipinski definition) is 3. The number of aliphatic carboxylic acids is 1. The normalized spacial score (nSPS) is 12.5. The standard InChI is InChI=1S/C11H19N3O4/c1-2-3-8(4-5-9(15)16)6-7-14-10(17)12-13-11(14)18/h8H,2-7H2,1H3,(H,12,17)(H,13,18)(H,15,16). The molecule has 1 aromatic heterocycles. The van der Waals surface area contributed by atoms with Crippen LogP contribution in [-0.2, 0) is 11.3 Å². The molecule has 1 aromatic rings. The molecule has 18 heavy (non-hydrogen) atoms. The second-order valence-corrected chi connectivity index (χ2v) is 4.39. The van der Waals surface area contributed by atoms with Crippen molar-refractivity contribution in [3.8, 4) is 0 Å². The van der Waals surface area contributed by atoms with Crippen LogP contribution < -0.4 is 11.4 Å². The lowest BCUT2D eigenvalue weighted by atomic mass is 9.94. The van der Waals surface area contributed by atoms with Crippen LogP contribution in [0.2, 0.25) is 0 Å². The maximum Gasteiger partial charge on any atom is 0.344 e. The SMILES string of the molecule is CCCC(CCC(=O)O)CCn1c(=O)[nH][nH]c1=O. The number of hydrogen-bond acceptors (Lipinski definition) is 3. The first-order chi connectivity index (χ1) is 8.54. The second kappa shape index (κ2) is 6.83. The molecular weight excluding hydrogens is 238 g/mol. The van der Waals surface area contributed by atoms with Crippen LogP contribution in [0.4, 0.5) is 0 Å². The summed E-state index contributed by atoms with van der Waals surface area (Å²) >= 11 is 0. The lowest BCUT2D eigenvalue weighted by molar-refractivity contribution is -0.137. The van der Waals surface area contributed by atoms with E-state index in [2.05, 4.69) is 10.2 Å². The Balaban J connectivity index is 2.54. The van der Waals surface area contributed by atoms with Gasteiger partial charge in [-0.2, -0.15) is 0 Å². The highest BCUT2D eigenvalue weighted by Crippen LogP contribution is 2.18. The monoisotopic (exact) mass is 257 g/mol. The molecule has 7 heteroatoms. The van der Waals surface area contributed by atoms with Crippen molar-refractivity contribution in [3.63, 3.8) is 0 Å². The number of carboxylic acids is 1. The van der Waals surface area contributed by atoms with E-state index in [4.69, 9.17) is 5.11 Å². The Bertz CT molecular complexity index is 457. The van der Waals surface area contributed by atoms with Gasteiger partial charge in [-0.25, -0.2) is 24.4 Å². The van der Waals surface area contributed by atoms with Crippen LogP contribution in [0, 0.1) is 5.92 Å². The Morgan fingerprint density at radius 1 is 1.22 bits per heavy atom. The molecule has 1 heterocycles. The van der Waals surface area contributed by atoms with Crippen molar-refractivity contribution >= 4 is 5.97 Å². The van der Waals surface area contributed by atoms with Gasteiger partial charge in [-0.05, 0) is 18.8 Å². The van der Waals surface area contributed by atoms with Gasteiger partial charge in [-0.3, -0.25) is 4.79 Å². The molecule has 1 rings (SSSR count). The molecule has 0 bridgehead atoms. The lowest BCUT2D eigenvalue weighted by Gasteiger charge is -2.14. The molecule has 0 aliphatic heterocycles. The molecule has 0 saturated heterocycles. The van der Waals surface area contributed by atoms with Gasteiger partial charge in [0.1, 0.15) is 0 Å².